The van der Waals surface area contributed by atoms with Gasteiger partial charge in [0.1, 0.15) is 15.9 Å². The zero-order valence-corrected chi connectivity index (χ0v) is 12.6. The fourth-order valence-corrected chi connectivity index (χ4v) is 3.64. The number of nitrogens with zero attached hydrogens (tertiary/aromatic N) is 2. The number of carbonyl (C=O) groups is 1. The first kappa shape index (κ1) is 15.8. The molecule has 114 valence electrons. The molecule has 0 radical (unpaired) electrons. The van der Waals surface area contributed by atoms with Gasteiger partial charge < -0.3 is 10.2 Å². The van der Waals surface area contributed by atoms with Gasteiger partial charge in [0.05, 0.1) is 23.8 Å². The lowest BCUT2D eigenvalue weighted by atomic mass is 10.0. The van der Waals surface area contributed by atoms with Crippen molar-refractivity contribution < 1.29 is 23.4 Å². The molecule has 0 spiro atoms. The van der Waals surface area contributed by atoms with Crippen molar-refractivity contribution in [1.82, 2.24) is 13.5 Å². The zero-order valence-electron chi connectivity index (χ0n) is 11.0. The predicted molar refractivity (Wildman–Crippen MR) is 75.5 cm³/mol. The van der Waals surface area contributed by atoms with E-state index in [0.29, 0.717) is 5.52 Å². The highest BCUT2D eigenvalue weighted by Crippen LogP contribution is 2.21. The van der Waals surface area contributed by atoms with E-state index in [2.05, 4.69) is 13.5 Å². The Hall–Kier alpha value is -1.62. The molecular weight excluding hydrogens is 318 g/mol. The smallest absolute Gasteiger partial charge is 0.306 e. The van der Waals surface area contributed by atoms with E-state index in [1.807, 2.05) is 0 Å². The lowest BCUT2D eigenvalue weighted by Crippen LogP contribution is -2.42. The highest BCUT2D eigenvalue weighted by Gasteiger charge is 2.28. The van der Waals surface area contributed by atoms with Gasteiger partial charge in [0.15, 0.2) is 0 Å². The summed E-state index contributed by atoms with van der Waals surface area (Å²) in [5.74, 6) is -1.22. The van der Waals surface area contributed by atoms with Crippen LogP contribution in [0.3, 0.4) is 0 Å². The third-order valence-electron chi connectivity index (χ3n) is 2.71. The number of fused-ring (bicyclic) bond motifs is 1. The minimum Gasteiger partial charge on any atom is -0.481 e. The van der Waals surface area contributed by atoms with E-state index < -0.39 is 34.6 Å². The van der Waals surface area contributed by atoms with Crippen molar-refractivity contribution in [2.24, 2.45) is 0 Å². The van der Waals surface area contributed by atoms with Crippen LogP contribution in [0.15, 0.2) is 23.1 Å². The predicted octanol–water partition coefficient (Wildman–Crippen LogP) is 0.195. The minimum atomic E-state index is -3.92. The molecule has 8 nitrogen and oxygen atoms in total. The summed E-state index contributed by atoms with van der Waals surface area (Å²) in [7, 11) is -3.92. The van der Waals surface area contributed by atoms with Crippen molar-refractivity contribution in [3.8, 4) is 0 Å². The van der Waals surface area contributed by atoms with Crippen LogP contribution in [0.1, 0.15) is 13.3 Å². The zero-order chi connectivity index (χ0) is 15.7. The highest BCUT2D eigenvalue weighted by atomic mass is 32.2. The van der Waals surface area contributed by atoms with Gasteiger partial charge in [-0.05, 0) is 19.1 Å². The standard InChI is InChI=1S/C11H13N3O5S2/c1-11(17,5-9(15)16)6-12-21(18,19)8-4-2-3-7-10(8)14-20-13-7/h2-4,12,17H,5-6H2,1H3,(H,15,16). The van der Waals surface area contributed by atoms with Gasteiger partial charge in [-0.1, -0.05) is 6.07 Å². The number of aliphatic hydroxyl groups is 1. The average Bonchev–Trinajstić information content (AvgIpc) is 2.83. The van der Waals surface area contributed by atoms with Crippen LogP contribution in [0.5, 0.6) is 0 Å². The molecule has 1 unspecified atom stereocenters. The molecule has 1 atom stereocenters. The number of nitrogens with one attached hydrogen (secondary N) is 1. The number of aliphatic carboxylic acids is 1. The first-order valence-corrected chi connectivity index (χ1v) is 8.08. The van der Waals surface area contributed by atoms with E-state index in [0.717, 1.165) is 11.7 Å². The molecular formula is C11H13N3O5S2. The van der Waals surface area contributed by atoms with Gasteiger partial charge in [0.25, 0.3) is 0 Å². The van der Waals surface area contributed by atoms with Crippen molar-refractivity contribution in [2.75, 3.05) is 6.54 Å². The Bertz CT molecular complexity index is 769. The molecule has 1 aromatic heterocycles. The van der Waals surface area contributed by atoms with Gasteiger partial charge in [-0.2, -0.15) is 8.75 Å². The topological polar surface area (TPSA) is 129 Å². The lowest BCUT2D eigenvalue weighted by Gasteiger charge is -2.21. The maximum atomic E-state index is 12.2. The largest absolute Gasteiger partial charge is 0.481 e. The summed E-state index contributed by atoms with van der Waals surface area (Å²) in [6, 6.07) is 4.55. The van der Waals surface area contributed by atoms with Crippen molar-refractivity contribution >= 4 is 38.8 Å². The number of hydrogen-bond donors (Lipinski definition) is 3. The Morgan fingerprint density at radius 3 is 2.81 bits per heavy atom. The summed E-state index contributed by atoms with van der Waals surface area (Å²) in [4.78, 5) is 10.5. The normalized spacial score (nSPS) is 15.0. The number of rotatable bonds is 6. The van der Waals surface area contributed by atoms with E-state index in [1.54, 1.807) is 6.07 Å². The molecule has 0 aliphatic heterocycles. The molecule has 3 N–H and O–H groups in total. The Morgan fingerprint density at radius 1 is 1.43 bits per heavy atom. The number of aromatic nitrogens is 2. The Kier molecular flexibility index (Phi) is 4.23. The molecule has 0 aliphatic rings. The summed E-state index contributed by atoms with van der Waals surface area (Å²) in [6.07, 6.45) is -0.571. The first-order valence-electron chi connectivity index (χ1n) is 5.86. The molecule has 0 saturated carbocycles. The van der Waals surface area contributed by atoms with E-state index in [1.165, 1.54) is 19.1 Å². The maximum absolute atomic E-state index is 12.2. The number of carboxylic acid groups (broad SMARTS) is 1. The molecule has 0 amide bonds. The fourth-order valence-electron chi connectivity index (χ4n) is 1.71. The van der Waals surface area contributed by atoms with Gasteiger partial charge in [-0.25, -0.2) is 13.1 Å². The quantitative estimate of drug-likeness (QED) is 0.689. The lowest BCUT2D eigenvalue weighted by molar-refractivity contribution is -0.141. The SMILES string of the molecule is CC(O)(CNS(=O)(=O)c1cccc2nsnc12)CC(=O)O. The van der Waals surface area contributed by atoms with Crippen LogP contribution in [0.2, 0.25) is 0 Å². The molecule has 0 aliphatic carbocycles. The molecule has 1 heterocycles. The van der Waals surface area contributed by atoms with E-state index in [4.69, 9.17) is 5.11 Å². The summed E-state index contributed by atoms with van der Waals surface area (Å²) >= 11 is 0.896. The maximum Gasteiger partial charge on any atom is 0.306 e. The third-order valence-corrected chi connectivity index (χ3v) is 4.69. The second-order valence-electron chi connectivity index (χ2n) is 4.78. The minimum absolute atomic E-state index is 0.0557. The Labute approximate surface area is 124 Å². The van der Waals surface area contributed by atoms with E-state index in [-0.39, 0.29) is 10.4 Å². The van der Waals surface area contributed by atoms with Crippen molar-refractivity contribution in [3.63, 3.8) is 0 Å². The molecule has 2 rings (SSSR count). The van der Waals surface area contributed by atoms with Crippen LogP contribution < -0.4 is 4.72 Å². The number of benzene rings is 1. The average molecular weight is 331 g/mol. The van der Waals surface area contributed by atoms with Crippen molar-refractivity contribution in [3.05, 3.63) is 18.2 Å². The number of carboxylic acids is 1. The van der Waals surface area contributed by atoms with Gasteiger partial charge in [-0.3, -0.25) is 4.79 Å². The summed E-state index contributed by atoms with van der Waals surface area (Å²) < 4.78 is 34.6. The highest BCUT2D eigenvalue weighted by molar-refractivity contribution is 7.89. The molecule has 1 aromatic carbocycles. The van der Waals surface area contributed by atoms with Crippen LogP contribution in [0.4, 0.5) is 0 Å². The molecule has 0 fully saturated rings. The van der Waals surface area contributed by atoms with Crippen LogP contribution >= 0.6 is 11.7 Å². The molecule has 10 heteroatoms. The molecule has 0 saturated heterocycles. The Balaban J connectivity index is 2.23. The summed E-state index contributed by atoms with van der Waals surface area (Å²) in [5, 5.41) is 18.5. The van der Waals surface area contributed by atoms with Gasteiger partial charge in [0, 0.05) is 6.54 Å². The third kappa shape index (κ3) is 3.73. The summed E-state index contributed by atoms with van der Waals surface area (Å²) in [6.45, 7) is 0.824. The van der Waals surface area contributed by atoms with Crippen LogP contribution in [0.25, 0.3) is 11.0 Å². The first-order chi connectivity index (χ1) is 9.71. The molecule has 0 bridgehead atoms. The second kappa shape index (κ2) is 5.64. The van der Waals surface area contributed by atoms with E-state index in [9.17, 15) is 18.3 Å². The Morgan fingerprint density at radius 2 is 2.14 bits per heavy atom. The van der Waals surface area contributed by atoms with E-state index >= 15 is 0 Å². The van der Waals surface area contributed by atoms with Crippen molar-refractivity contribution in [2.45, 2.75) is 23.8 Å². The number of sulfonamides is 1. The second-order valence-corrected chi connectivity index (χ2v) is 7.04. The molecule has 21 heavy (non-hydrogen) atoms. The monoisotopic (exact) mass is 331 g/mol. The van der Waals surface area contributed by atoms with Gasteiger partial charge >= 0.3 is 5.97 Å². The number of hydrogen-bond acceptors (Lipinski definition) is 7. The van der Waals surface area contributed by atoms with Crippen molar-refractivity contribution in [1.29, 1.82) is 0 Å². The van der Waals surface area contributed by atoms with Gasteiger partial charge in [-0.15, -0.1) is 0 Å². The van der Waals surface area contributed by atoms with Crippen LogP contribution in [0, 0.1) is 0 Å². The van der Waals surface area contributed by atoms with Crippen LogP contribution in [-0.2, 0) is 14.8 Å². The summed E-state index contributed by atoms with van der Waals surface area (Å²) in [5.41, 5.74) is -0.985. The van der Waals surface area contributed by atoms with Crippen LogP contribution in [-0.4, -0.2) is 45.5 Å². The molecule has 2 aromatic rings. The van der Waals surface area contributed by atoms with Gasteiger partial charge in [0.2, 0.25) is 10.0 Å². The fraction of sp³-hybridized carbons (Fsp3) is 0.364.